The van der Waals surface area contributed by atoms with E-state index in [-0.39, 0.29) is 18.0 Å². The number of nitro groups is 1. The quantitative estimate of drug-likeness (QED) is 0.466. The molecule has 0 aliphatic rings. The number of benzene rings is 2. The maximum atomic E-state index is 11.1. The van der Waals surface area contributed by atoms with Crippen LogP contribution in [0.1, 0.15) is 16.7 Å². The predicted molar refractivity (Wildman–Crippen MR) is 81.2 cm³/mol. The van der Waals surface area contributed by atoms with Crippen LogP contribution in [-0.4, -0.2) is 4.92 Å². The van der Waals surface area contributed by atoms with Crippen molar-refractivity contribution in [2.45, 2.75) is 11.9 Å². The summed E-state index contributed by atoms with van der Waals surface area (Å²) in [6, 6.07) is 13.9. The van der Waals surface area contributed by atoms with Crippen molar-refractivity contribution < 1.29 is 9.66 Å². The molecule has 0 saturated heterocycles. The molecule has 0 unspecified atom stereocenters. The summed E-state index contributed by atoms with van der Waals surface area (Å²) >= 11 is 3.26. The number of nitriles is 1. The molecular weight excluding hydrogens is 336 g/mol. The summed E-state index contributed by atoms with van der Waals surface area (Å²) in [5.74, 6) is 0.192. The molecule has 0 bridgehead atoms. The van der Waals surface area contributed by atoms with Crippen LogP contribution in [0.25, 0.3) is 0 Å². The lowest BCUT2D eigenvalue weighted by molar-refractivity contribution is -0.386. The SMILES string of the molecule is N#Cc1ccccc1COc1ccc(CBr)cc1[N+](=O)[O-]. The van der Waals surface area contributed by atoms with Crippen molar-refractivity contribution in [1.29, 1.82) is 5.26 Å². The molecule has 0 spiro atoms. The van der Waals surface area contributed by atoms with Crippen molar-refractivity contribution in [1.82, 2.24) is 0 Å². The molecule has 0 atom stereocenters. The summed E-state index contributed by atoms with van der Waals surface area (Å²) in [6.45, 7) is 0.109. The highest BCUT2D eigenvalue weighted by molar-refractivity contribution is 9.08. The first-order valence-corrected chi connectivity index (χ1v) is 7.22. The molecule has 0 aromatic heterocycles. The van der Waals surface area contributed by atoms with Crippen molar-refractivity contribution in [3.63, 3.8) is 0 Å². The maximum Gasteiger partial charge on any atom is 0.311 e. The topological polar surface area (TPSA) is 76.2 Å². The second-order valence-corrected chi connectivity index (χ2v) is 4.81. The lowest BCUT2D eigenvalue weighted by Gasteiger charge is -2.08. The van der Waals surface area contributed by atoms with E-state index in [9.17, 15) is 10.1 Å². The van der Waals surface area contributed by atoms with E-state index < -0.39 is 4.92 Å². The van der Waals surface area contributed by atoms with E-state index in [1.807, 2.05) is 0 Å². The van der Waals surface area contributed by atoms with Crippen LogP contribution >= 0.6 is 15.9 Å². The van der Waals surface area contributed by atoms with Crippen LogP contribution in [0.2, 0.25) is 0 Å². The zero-order valence-electron chi connectivity index (χ0n) is 11.0. The molecule has 0 aliphatic carbocycles. The van der Waals surface area contributed by atoms with Crippen LogP contribution in [0.15, 0.2) is 42.5 Å². The molecule has 21 heavy (non-hydrogen) atoms. The third-order valence-electron chi connectivity index (χ3n) is 2.90. The number of rotatable bonds is 5. The van der Waals surface area contributed by atoms with Gasteiger partial charge in [-0.25, -0.2) is 0 Å². The summed E-state index contributed by atoms with van der Waals surface area (Å²) < 4.78 is 5.52. The van der Waals surface area contributed by atoms with Crippen molar-refractivity contribution in [3.8, 4) is 11.8 Å². The average Bonchev–Trinajstić information content (AvgIpc) is 2.52. The fourth-order valence-corrected chi connectivity index (χ4v) is 2.17. The van der Waals surface area contributed by atoms with Gasteiger partial charge in [-0.05, 0) is 17.7 Å². The van der Waals surface area contributed by atoms with Gasteiger partial charge in [0, 0.05) is 17.0 Å². The van der Waals surface area contributed by atoms with Gasteiger partial charge < -0.3 is 4.74 Å². The Morgan fingerprint density at radius 1 is 1.29 bits per heavy atom. The van der Waals surface area contributed by atoms with E-state index in [1.165, 1.54) is 6.07 Å². The number of nitrogens with zero attached hydrogens (tertiary/aromatic N) is 2. The number of alkyl halides is 1. The first-order valence-electron chi connectivity index (χ1n) is 6.09. The smallest absolute Gasteiger partial charge is 0.311 e. The van der Waals surface area contributed by atoms with Gasteiger partial charge in [-0.3, -0.25) is 10.1 Å². The molecule has 5 nitrogen and oxygen atoms in total. The maximum absolute atomic E-state index is 11.1. The molecular formula is C15H11BrN2O3. The second-order valence-electron chi connectivity index (χ2n) is 4.25. The van der Waals surface area contributed by atoms with Gasteiger partial charge in [0.2, 0.25) is 0 Å². The number of nitro benzene ring substituents is 1. The van der Waals surface area contributed by atoms with Crippen molar-refractivity contribution in [3.05, 3.63) is 69.3 Å². The Hall–Kier alpha value is -2.39. The third-order valence-corrected chi connectivity index (χ3v) is 3.54. The molecule has 2 aromatic rings. The first-order chi connectivity index (χ1) is 10.2. The van der Waals surface area contributed by atoms with E-state index >= 15 is 0 Å². The lowest BCUT2D eigenvalue weighted by atomic mass is 10.1. The largest absolute Gasteiger partial charge is 0.482 e. The van der Waals surface area contributed by atoms with Crippen LogP contribution in [0, 0.1) is 21.4 Å². The van der Waals surface area contributed by atoms with Gasteiger partial charge in [-0.1, -0.05) is 40.2 Å². The van der Waals surface area contributed by atoms with Crippen LogP contribution in [-0.2, 0) is 11.9 Å². The molecule has 0 fully saturated rings. The van der Waals surface area contributed by atoms with Crippen molar-refractivity contribution >= 4 is 21.6 Å². The zero-order valence-corrected chi connectivity index (χ0v) is 12.5. The van der Waals surface area contributed by atoms with Gasteiger partial charge in [0.05, 0.1) is 16.6 Å². The van der Waals surface area contributed by atoms with Crippen LogP contribution < -0.4 is 4.74 Å². The minimum absolute atomic E-state index is 0.0820. The summed E-state index contributed by atoms with van der Waals surface area (Å²) in [6.07, 6.45) is 0. The van der Waals surface area contributed by atoms with Crippen LogP contribution in [0.3, 0.4) is 0 Å². The van der Waals surface area contributed by atoms with E-state index in [4.69, 9.17) is 10.00 Å². The summed E-state index contributed by atoms with van der Waals surface area (Å²) in [5.41, 5.74) is 1.91. The lowest BCUT2D eigenvalue weighted by Crippen LogP contribution is -2.01. The molecule has 2 rings (SSSR count). The third kappa shape index (κ3) is 3.58. The molecule has 0 N–H and O–H groups in total. The predicted octanol–water partition coefficient (Wildman–Crippen LogP) is 3.94. The first kappa shape index (κ1) is 15.0. The van der Waals surface area contributed by atoms with Crippen LogP contribution in [0.4, 0.5) is 5.69 Å². The van der Waals surface area contributed by atoms with Gasteiger partial charge >= 0.3 is 5.69 Å². The monoisotopic (exact) mass is 346 g/mol. The van der Waals surface area contributed by atoms with Crippen molar-refractivity contribution in [2.24, 2.45) is 0 Å². The van der Waals surface area contributed by atoms with E-state index in [1.54, 1.807) is 36.4 Å². The van der Waals surface area contributed by atoms with E-state index in [0.29, 0.717) is 16.5 Å². The number of ether oxygens (including phenoxy) is 1. The minimum atomic E-state index is -0.475. The highest BCUT2D eigenvalue weighted by atomic mass is 79.9. The van der Waals surface area contributed by atoms with Gasteiger partial charge in [0.15, 0.2) is 5.75 Å². The molecule has 0 amide bonds. The molecule has 106 valence electrons. The Kier molecular flexibility index (Phi) is 4.90. The summed E-state index contributed by atoms with van der Waals surface area (Å²) in [5, 5.41) is 20.6. The van der Waals surface area contributed by atoms with Gasteiger partial charge in [-0.2, -0.15) is 5.26 Å². The normalized spacial score (nSPS) is 9.90. The van der Waals surface area contributed by atoms with Crippen LogP contribution in [0.5, 0.6) is 5.75 Å². The minimum Gasteiger partial charge on any atom is -0.482 e. The Bertz CT molecular complexity index is 710. The highest BCUT2D eigenvalue weighted by Gasteiger charge is 2.16. The molecule has 0 saturated carbocycles. The van der Waals surface area contributed by atoms with E-state index in [2.05, 4.69) is 22.0 Å². The average molecular weight is 347 g/mol. The number of hydrogen-bond donors (Lipinski definition) is 0. The summed E-state index contributed by atoms with van der Waals surface area (Å²) in [4.78, 5) is 10.6. The second kappa shape index (κ2) is 6.86. The molecule has 6 heteroatoms. The Morgan fingerprint density at radius 3 is 2.71 bits per heavy atom. The molecule has 0 heterocycles. The molecule has 0 radical (unpaired) electrons. The Morgan fingerprint density at radius 2 is 2.05 bits per heavy atom. The highest BCUT2D eigenvalue weighted by Crippen LogP contribution is 2.29. The zero-order chi connectivity index (χ0) is 15.2. The Labute approximate surface area is 130 Å². The fraction of sp³-hybridized carbons (Fsp3) is 0.133. The van der Waals surface area contributed by atoms with Gasteiger partial charge in [0.25, 0.3) is 0 Å². The number of halogens is 1. The van der Waals surface area contributed by atoms with Crippen molar-refractivity contribution in [2.75, 3.05) is 0 Å². The standard InChI is InChI=1S/C15H11BrN2O3/c16-8-11-5-6-15(14(7-11)18(19)20)21-10-13-4-2-1-3-12(13)9-17/h1-7H,8,10H2. The van der Waals surface area contributed by atoms with Gasteiger partial charge in [0.1, 0.15) is 6.61 Å². The Balaban J connectivity index is 2.24. The summed E-state index contributed by atoms with van der Waals surface area (Å²) in [7, 11) is 0. The van der Waals surface area contributed by atoms with E-state index in [0.717, 1.165) is 5.56 Å². The fourth-order valence-electron chi connectivity index (χ4n) is 1.82. The molecule has 0 aliphatic heterocycles. The molecule has 2 aromatic carbocycles. The number of hydrogen-bond acceptors (Lipinski definition) is 4. The van der Waals surface area contributed by atoms with Gasteiger partial charge in [-0.15, -0.1) is 0 Å².